The highest BCUT2D eigenvalue weighted by molar-refractivity contribution is 5.96. The predicted molar refractivity (Wildman–Crippen MR) is 66.6 cm³/mol. The summed E-state index contributed by atoms with van der Waals surface area (Å²) in [4.78, 5) is 22.8. The first-order chi connectivity index (χ1) is 8.04. The molecule has 3 N–H and O–H groups in total. The molecule has 1 fully saturated rings. The molecule has 0 bridgehead atoms. The van der Waals surface area contributed by atoms with Gasteiger partial charge in [0.1, 0.15) is 0 Å². The largest absolute Gasteiger partial charge is 0.338 e. The van der Waals surface area contributed by atoms with Crippen LogP contribution in [0.5, 0.6) is 0 Å². The number of hydrogen-bond acceptors (Lipinski definition) is 3. The molecule has 17 heavy (non-hydrogen) atoms. The lowest BCUT2D eigenvalue weighted by Crippen LogP contribution is -2.51. The monoisotopic (exact) mass is 241 g/mol. The molecule has 0 saturated heterocycles. The minimum atomic E-state index is -0.428. The molecule has 5 heteroatoms. The van der Waals surface area contributed by atoms with Crippen LogP contribution in [0.15, 0.2) is 0 Å². The van der Waals surface area contributed by atoms with Gasteiger partial charge in [0.05, 0.1) is 6.04 Å². The van der Waals surface area contributed by atoms with Crippen LogP contribution in [-0.4, -0.2) is 30.6 Å². The Labute approximate surface area is 103 Å². The SMILES string of the molecule is CCNC(=O)NC(=O)C(C)NC(C)C1CCC1. The van der Waals surface area contributed by atoms with Crippen molar-refractivity contribution in [3.63, 3.8) is 0 Å². The van der Waals surface area contributed by atoms with E-state index in [2.05, 4.69) is 22.9 Å². The first kappa shape index (κ1) is 14.0. The minimum Gasteiger partial charge on any atom is -0.338 e. The molecule has 0 spiro atoms. The summed E-state index contributed by atoms with van der Waals surface area (Å²) in [6.45, 7) is 6.20. The van der Waals surface area contributed by atoms with Crippen molar-refractivity contribution in [3.05, 3.63) is 0 Å². The van der Waals surface area contributed by atoms with E-state index in [-0.39, 0.29) is 11.9 Å². The van der Waals surface area contributed by atoms with Gasteiger partial charge < -0.3 is 10.6 Å². The second kappa shape index (κ2) is 6.59. The summed E-state index contributed by atoms with van der Waals surface area (Å²) in [6.07, 6.45) is 3.76. The van der Waals surface area contributed by atoms with Crippen molar-refractivity contribution in [1.29, 1.82) is 0 Å². The molecule has 0 aromatic rings. The average Bonchev–Trinajstić information content (AvgIpc) is 2.14. The van der Waals surface area contributed by atoms with Crippen LogP contribution in [0.25, 0.3) is 0 Å². The average molecular weight is 241 g/mol. The summed E-state index contributed by atoms with van der Waals surface area (Å²) in [5.41, 5.74) is 0. The molecule has 2 atom stereocenters. The maximum absolute atomic E-state index is 11.7. The third-order valence-corrected chi connectivity index (χ3v) is 3.34. The van der Waals surface area contributed by atoms with Gasteiger partial charge in [-0.2, -0.15) is 0 Å². The van der Waals surface area contributed by atoms with Crippen molar-refractivity contribution < 1.29 is 9.59 Å². The highest BCUT2D eigenvalue weighted by Gasteiger charge is 2.26. The molecule has 1 aliphatic rings. The standard InChI is InChI=1S/C12H23N3O2/c1-4-13-12(17)15-11(16)9(3)14-8(2)10-6-5-7-10/h8-10,14H,4-7H2,1-3H3,(H2,13,15,16,17). The number of hydrogen-bond donors (Lipinski definition) is 3. The summed E-state index contributed by atoms with van der Waals surface area (Å²) in [5.74, 6) is 0.400. The summed E-state index contributed by atoms with van der Waals surface area (Å²) in [5, 5.41) is 8.08. The van der Waals surface area contributed by atoms with Crippen molar-refractivity contribution in [2.24, 2.45) is 5.92 Å². The van der Waals surface area contributed by atoms with Crippen LogP contribution in [0.4, 0.5) is 4.79 Å². The zero-order valence-corrected chi connectivity index (χ0v) is 10.9. The zero-order chi connectivity index (χ0) is 12.8. The van der Waals surface area contributed by atoms with E-state index in [1.807, 2.05) is 6.92 Å². The molecule has 0 heterocycles. The Hall–Kier alpha value is -1.10. The van der Waals surface area contributed by atoms with Crippen molar-refractivity contribution in [2.45, 2.75) is 52.1 Å². The van der Waals surface area contributed by atoms with Gasteiger partial charge in [0.15, 0.2) is 0 Å². The molecule has 1 saturated carbocycles. The van der Waals surface area contributed by atoms with Crippen LogP contribution in [-0.2, 0) is 4.79 Å². The quantitative estimate of drug-likeness (QED) is 0.672. The molecule has 0 radical (unpaired) electrons. The number of amides is 3. The van der Waals surface area contributed by atoms with Crippen LogP contribution >= 0.6 is 0 Å². The van der Waals surface area contributed by atoms with Gasteiger partial charge >= 0.3 is 6.03 Å². The van der Waals surface area contributed by atoms with Gasteiger partial charge in [-0.3, -0.25) is 10.1 Å². The van der Waals surface area contributed by atoms with Crippen LogP contribution < -0.4 is 16.0 Å². The van der Waals surface area contributed by atoms with E-state index in [0.717, 1.165) is 0 Å². The normalized spacial score (nSPS) is 19.0. The molecule has 0 aromatic carbocycles. The Morgan fingerprint density at radius 2 is 1.94 bits per heavy atom. The highest BCUT2D eigenvalue weighted by Crippen LogP contribution is 2.29. The maximum Gasteiger partial charge on any atom is 0.321 e. The number of carbonyl (C=O) groups is 2. The van der Waals surface area contributed by atoms with E-state index < -0.39 is 6.03 Å². The Balaban J connectivity index is 2.27. The second-order valence-electron chi connectivity index (χ2n) is 4.72. The Morgan fingerprint density at radius 1 is 1.29 bits per heavy atom. The fourth-order valence-corrected chi connectivity index (χ4v) is 1.97. The van der Waals surface area contributed by atoms with Crippen LogP contribution in [0.3, 0.4) is 0 Å². The van der Waals surface area contributed by atoms with Gasteiger partial charge in [-0.1, -0.05) is 6.42 Å². The highest BCUT2D eigenvalue weighted by atomic mass is 16.2. The summed E-state index contributed by atoms with van der Waals surface area (Å²) >= 11 is 0. The number of carbonyl (C=O) groups excluding carboxylic acids is 2. The van der Waals surface area contributed by atoms with Gasteiger partial charge in [-0.15, -0.1) is 0 Å². The van der Waals surface area contributed by atoms with E-state index >= 15 is 0 Å². The molecular weight excluding hydrogens is 218 g/mol. The van der Waals surface area contributed by atoms with Crippen molar-refractivity contribution in [1.82, 2.24) is 16.0 Å². The molecule has 1 rings (SSSR count). The van der Waals surface area contributed by atoms with Crippen LogP contribution in [0, 0.1) is 5.92 Å². The third-order valence-electron chi connectivity index (χ3n) is 3.34. The molecule has 3 amide bonds. The van der Waals surface area contributed by atoms with E-state index in [1.54, 1.807) is 6.92 Å². The number of nitrogens with one attached hydrogen (secondary N) is 3. The smallest absolute Gasteiger partial charge is 0.321 e. The molecule has 98 valence electrons. The maximum atomic E-state index is 11.7. The predicted octanol–water partition coefficient (Wildman–Crippen LogP) is 0.999. The lowest BCUT2D eigenvalue weighted by atomic mass is 9.80. The van der Waals surface area contributed by atoms with Gasteiger partial charge in [0.2, 0.25) is 5.91 Å². The van der Waals surface area contributed by atoms with Crippen molar-refractivity contribution in [3.8, 4) is 0 Å². The Bertz CT molecular complexity index is 277. The summed E-state index contributed by atoms with van der Waals surface area (Å²) < 4.78 is 0. The van der Waals surface area contributed by atoms with Gasteiger partial charge in [0, 0.05) is 12.6 Å². The van der Waals surface area contributed by atoms with E-state index in [0.29, 0.717) is 18.5 Å². The topological polar surface area (TPSA) is 70.2 Å². The summed E-state index contributed by atoms with van der Waals surface area (Å²) in [6, 6.07) is -0.436. The van der Waals surface area contributed by atoms with Crippen molar-refractivity contribution in [2.75, 3.05) is 6.54 Å². The fourth-order valence-electron chi connectivity index (χ4n) is 1.97. The number of rotatable bonds is 5. The van der Waals surface area contributed by atoms with Gasteiger partial charge in [-0.05, 0) is 39.5 Å². The fraction of sp³-hybridized carbons (Fsp3) is 0.833. The lowest BCUT2D eigenvalue weighted by Gasteiger charge is -2.33. The van der Waals surface area contributed by atoms with E-state index in [9.17, 15) is 9.59 Å². The molecule has 0 aromatic heterocycles. The molecule has 0 aliphatic heterocycles. The first-order valence-corrected chi connectivity index (χ1v) is 6.39. The van der Waals surface area contributed by atoms with Gasteiger partial charge in [-0.25, -0.2) is 4.79 Å². The molecule has 2 unspecified atom stereocenters. The number of imide groups is 1. The Morgan fingerprint density at radius 3 is 2.41 bits per heavy atom. The number of urea groups is 1. The molecule has 5 nitrogen and oxygen atoms in total. The van der Waals surface area contributed by atoms with Crippen molar-refractivity contribution >= 4 is 11.9 Å². The molecule has 1 aliphatic carbocycles. The minimum absolute atomic E-state index is 0.276. The van der Waals surface area contributed by atoms with E-state index in [1.165, 1.54) is 19.3 Å². The zero-order valence-electron chi connectivity index (χ0n) is 10.9. The van der Waals surface area contributed by atoms with Crippen LogP contribution in [0.2, 0.25) is 0 Å². The lowest BCUT2D eigenvalue weighted by molar-refractivity contribution is -0.122. The summed E-state index contributed by atoms with van der Waals surface area (Å²) in [7, 11) is 0. The second-order valence-corrected chi connectivity index (χ2v) is 4.72. The van der Waals surface area contributed by atoms with E-state index in [4.69, 9.17) is 0 Å². The molecular formula is C12H23N3O2. The van der Waals surface area contributed by atoms with Gasteiger partial charge in [0.25, 0.3) is 0 Å². The Kier molecular flexibility index (Phi) is 5.41. The third kappa shape index (κ3) is 4.34. The van der Waals surface area contributed by atoms with Crippen LogP contribution in [0.1, 0.15) is 40.0 Å². The first-order valence-electron chi connectivity index (χ1n) is 6.39.